The average Bonchev–Trinajstić information content (AvgIpc) is 3.22. The fourth-order valence-electron chi connectivity index (χ4n) is 2.18. The molecule has 124 valence electrons. The molecule has 0 aliphatic heterocycles. The molecule has 1 saturated carbocycles. The van der Waals surface area contributed by atoms with Crippen LogP contribution in [0.5, 0.6) is 0 Å². The number of amides is 1. The molecule has 9 heteroatoms. The molecule has 0 spiro atoms. The molecular weight excluding hydrogens is 306 g/mol. The van der Waals surface area contributed by atoms with Crippen LogP contribution in [-0.4, -0.2) is 43.0 Å². The third-order valence-corrected chi connectivity index (χ3v) is 5.13. The Morgan fingerprint density at radius 1 is 1.55 bits per heavy atom. The normalized spacial score (nSPS) is 16.5. The van der Waals surface area contributed by atoms with E-state index >= 15 is 0 Å². The smallest absolute Gasteiger partial charge is 0.259 e. The Hall–Kier alpha value is -1.45. The molecule has 1 unspecified atom stereocenters. The van der Waals surface area contributed by atoms with Gasteiger partial charge in [-0.2, -0.15) is 0 Å². The van der Waals surface area contributed by atoms with Crippen molar-refractivity contribution in [2.75, 3.05) is 13.1 Å². The van der Waals surface area contributed by atoms with Crippen molar-refractivity contribution in [3.8, 4) is 0 Å². The summed E-state index contributed by atoms with van der Waals surface area (Å²) in [6, 6.07) is 0.00236. The number of sulfonamides is 1. The van der Waals surface area contributed by atoms with Crippen molar-refractivity contribution in [2.24, 2.45) is 18.7 Å². The molecule has 0 radical (unpaired) electrons. The molecule has 1 heterocycles. The zero-order valence-corrected chi connectivity index (χ0v) is 13.7. The maximum Gasteiger partial charge on any atom is 0.259 e. The first-order chi connectivity index (χ1) is 10.3. The van der Waals surface area contributed by atoms with Gasteiger partial charge in [-0.05, 0) is 25.7 Å². The first kappa shape index (κ1) is 16.9. The number of hydrogen-bond acceptors (Lipinski definition) is 5. The fraction of sp³-hybridized carbons (Fsp3) is 0.692. The summed E-state index contributed by atoms with van der Waals surface area (Å²) in [4.78, 5) is 15.8. The van der Waals surface area contributed by atoms with E-state index in [-0.39, 0.29) is 29.9 Å². The zero-order chi connectivity index (χ0) is 16.3. The maximum atomic E-state index is 12.0. The summed E-state index contributed by atoms with van der Waals surface area (Å²) >= 11 is 0. The molecule has 2 rings (SSSR count). The van der Waals surface area contributed by atoms with E-state index in [4.69, 9.17) is 5.73 Å². The van der Waals surface area contributed by atoms with E-state index in [1.165, 1.54) is 6.20 Å². The van der Waals surface area contributed by atoms with Crippen LogP contribution in [0, 0.1) is 12.8 Å². The number of carbonyl (C=O) groups excluding carboxylic acids is 1. The molecular formula is C13H23N5O3S. The van der Waals surface area contributed by atoms with E-state index in [0.717, 1.165) is 12.8 Å². The average molecular weight is 329 g/mol. The largest absolute Gasteiger partial charge is 0.352 e. The van der Waals surface area contributed by atoms with Crippen LogP contribution in [0.15, 0.2) is 11.2 Å². The standard InChI is InChI=1S/C13H23N5O3S/c1-9-16-13(8-18(9)2)22(20,21)15-6-5-12(19)17-11(7-14)10-3-4-10/h8,10-11,15H,3-7,14H2,1-2H3,(H,17,19). The summed E-state index contributed by atoms with van der Waals surface area (Å²) in [5, 5.41) is 2.81. The molecule has 4 N–H and O–H groups in total. The second-order valence-electron chi connectivity index (χ2n) is 5.63. The molecule has 1 atom stereocenters. The number of nitrogens with zero attached hydrogens (tertiary/aromatic N) is 2. The van der Waals surface area contributed by atoms with Gasteiger partial charge >= 0.3 is 0 Å². The van der Waals surface area contributed by atoms with Crippen molar-refractivity contribution in [3.05, 3.63) is 12.0 Å². The Morgan fingerprint density at radius 3 is 2.73 bits per heavy atom. The van der Waals surface area contributed by atoms with Crippen molar-refractivity contribution in [1.29, 1.82) is 0 Å². The first-order valence-corrected chi connectivity index (χ1v) is 8.81. The Balaban J connectivity index is 1.80. The lowest BCUT2D eigenvalue weighted by Gasteiger charge is -2.15. The van der Waals surface area contributed by atoms with Gasteiger partial charge in [0.1, 0.15) is 5.82 Å². The minimum absolute atomic E-state index is 0.00236. The third-order valence-electron chi connectivity index (χ3n) is 3.80. The van der Waals surface area contributed by atoms with Gasteiger partial charge in [0.25, 0.3) is 10.0 Å². The Morgan fingerprint density at radius 2 is 2.23 bits per heavy atom. The second kappa shape index (κ2) is 6.76. The van der Waals surface area contributed by atoms with Crippen LogP contribution in [0.4, 0.5) is 0 Å². The number of nitrogens with one attached hydrogen (secondary N) is 2. The molecule has 1 aromatic heterocycles. The number of nitrogens with two attached hydrogens (primary N) is 1. The zero-order valence-electron chi connectivity index (χ0n) is 12.9. The van der Waals surface area contributed by atoms with Crippen molar-refractivity contribution >= 4 is 15.9 Å². The maximum absolute atomic E-state index is 12.0. The van der Waals surface area contributed by atoms with Crippen molar-refractivity contribution in [3.63, 3.8) is 0 Å². The van der Waals surface area contributed by atoms with E-state index in [9.17, 15) is 13.2 Å². The predicted octanol–water partition coefficient (Wildman–Crippen LogP) is -0.750. The number of rotatable bonds is 8. The Kier molecular flexibility index (Phi) is 5.20. The van der Waals surface area contributed by atoms with Crippen molar-refractivity contribution < 1.29 is 13.2 Å². The number of hydrogen-bond donors (Lipinski definition) is 3. The van der Waals surface area contributed by atoms with Gasteiger partial charge in [0, 0.05) is 38.8 Å². The van der Waals surface area contributed by atoms with E-state index in [1.807, 2.05) is 0 Å². The van der Waals surface area contributed by atoms with Crippen LogP contribution in [-0.2, 0) is 21.9 Å². The summed E-state index contributed by atoms with van der Waals surface area (Å²) < 4.78 is 28.1. The summed E-state index contributed by atoms with van der Waals surface area (Å²) in [7, 11) is -1.96. The van der Waals surface area contributed by atoms with Gasteiger partial charge in [-0.3, -0.25) is 4.79 Å². The van der Waals surface area contributed by atoms with Gasteiger partial charge in [-0.25, -0.2) is 18.1 Å². The summed E-state index contributed by atoms with van der Waals surface area (Å²) in [5.74, 6) is 0.887. The topological polar surface area (TPSA) is 119 Å². The lowest BCUT2D eigenvalue weighted by atomic mass is 10.2. The van der Waals surface area contributed by atoms with Gasteiger partial charge < -0.3 is 15.6 Å². The van der Waals surface area contributed by atoms with E-state index in [2.05, 4.69) is 15.0 Å². The molecule has 1 aliphatic carbocycles. The molecule has 8 nitrogen and oxygen atoms in total. The molecule has 1 aliphatic rings. The monoisotopic (exact) mass is 329 g/mol. The highest BCUT2D eigenvalue weighted by molar-refractivity contribution is 7.89. The number of imidazole rings is 1. The number of carbonyl (C=O) groups is 1. The van der Waals surface area contributed by atoms with Gasteiger partial charge in [0.05, 0.1) is 0 Å². The van der Waals surface area contributed by atoms with Crippen LogP contribution >= 0.6 is 0 Å². The number of aromatic nitrogens is 2. The van der Waals surface area contributed by atoms with E-state index < -0.39 is 10.0 Å². The predicted molar refractivity (Wildman–Crippen MR) is 81.5 cm³/mol. The summed E-state index contributed by atoms with van der Waals surface area (Å²) in [5.41, 5.74) is 5.62. The SMILES string of the molecule is Cc1nc(S(=O)(=O)NCCC(=O)NC(CN)C2CC2)cn1C. The molecule has 0 bridgehead atoms. The molecule has 1 amide bonds. The highest BCUT2D eigenvalue weighted by Crippen LogP contribution is 2.32. The van der Waals surface area contributed by atoms with Gasteiger partial charge in [0.15, 0.2) is 5.03 Å². The molecule has 0 saturated heterocycles. The Bertz CT molecular complexity index is 617. The second-order valence-corrected chi connectivity index (χ2v) is 7.35. The van der Waals surface area contributed by atoms with Crippen LogP contribution in [0.2, 0.25) is 0 Å². The van der Waals surface area contributed by atoms with Crippen LogP contribution < -0.4 is 15.8 Å². The fourth-order valence-corrected chi connectivity index (χ4v) is 3.24. The van der Waals surface area contributed by atoms with Crippen LogP contribution in [0.3, 0.4) is 0 Å². The van der Waals surface area contributed by atoms with Gasteiger partial charge in [0.2, 0.25) is 5.91 Å². The highest BCUT2D eigenvalue weighted by atomic mass is 32.2. The van der Waals surface area contributed by atoms with Crippen LogP contribution in [0.1, 0.15) is 25.1 Å². The van der Waals surface area contributed by atoms with Crippen molar-refractivity contribution in [1.82, 2.24) is 19.6 Å². The summed E-state index contributed by atoms with van der Waals surface area (Å²) in [6.45, 7) is 2.17. The highest BCUT2D eigenvalue weighted by Gasteiger charge is 2.31. The molecule has 1 aromatic rings. The first-order valence-electron chi connectivity index (χ1n) is 7.32. The van der Waals surface area contributed by atoms with E-state index in [0.29, 0.717) is 18.3 Å². The van der Waals surface area contributed by atoms with Crippen molar-refractivity contribution in [2.45, 2.75) is 37.3 Å². The molecule has 0 aromatic carbocycles. The third kappa shape index (κ3) is 4.28. The Labute approximate surface area is 130 Å². The number of aryl methyl sites for hydroxylation is 2. The minimum Gasteiger partial charge on any atom is -0.352 e. The molecule has 1 fully saturated rings. The minimum atomic E-state index is -3.68. The van der Waals surface area contributed by atoms with E-state index in [1.54, 1.807) is 18.5 Å². The quantitative estimate of drug-likeness (QED) is 0.580. The molecule has 22 heavy (non-hydrogen) atoms. The summed E-state index contributed by atoms with van der Waals surface area (Å²) in [6.07, 6.45) is 3.70. The van der Waals surface area contributed by atoms with Gasteiger partial charge in [-0.1, -0.05) is 0 Å². The van der Waals surface area contributed by atoms with Gasteiger partial charge in [-0.15, -0.1) is 0 Å². The van der Waals surface area contributed by atoms with Crippen LogP contribution in [0.25, 0.3) is 0 Å². The lowest BCUT2D eigenvalue weighted by Crippen LogP contribution is -2.42. The lowest BCUT2D eigenvalue weighted by molar-refractivity contribution is -0.121.